The molecule has 3 aromatic heterocycles. The van der Waals surface area contributed by atoms with E-state index in [1.54, 1.807) is 0 Å². The Hall–Kier alpha value is -2.85. The van der Waals surface area contributed by atoms with Gasteiger partial charge in [0.1, 0.15) is 0 Å². The number of nitriles is 1. The summed E-state index contributed by atoms with van der Waals surface area (Å²) in [5.74, 6) is 0.281. The van der Waals surface area contributed by atoms with Gasteiger partial charge in [-0.05, 0) is 37.8 Å². The zero-order valence-electron chi connectivity index (χ0n) is 16.6. The predicted molar refractivity (Wildman–Crippen MR) is 110 cm³/mol. The molecule has 0 radical (unpaired) electrons. The smallest absolute Gasteiger partial charge is 0.0886 e. The fraction of sp³-hybridized carbons (Fsp3) is 0.500. The molecule has 7 heteroatoms. The molecule has 2 saturated heterocycles. The summed E-state index contributed by atoms with van der Waals surface area (Å²) in [5.41, 5.74) is 4.70. The predicted octanol–water partition coefficient (Wildman–Crippen LogP) is 2.69. The minimum Gasteiger partial charge on any atom is -0.367 e. The van der Waals surface area contributed by atoms with Gasteiger partial charge in [-0.2, -0.15) is 15.5 Å². The Kier molecular flexibility index (Phi) is 3.72. The Labute approximate surface area is 170 Å². The summed E-state index contributed by atoms with van der Waals surface area (Å²) < 4.78 is 3.83. The molecule has 3 aromatic rings. The van der Waals surface area contributed by atoms with Crippen molar-refractivity contribution >= 4 is 11.2 Å². The van der Waals surface area contributed by atoms with Crippen molar-refractivity contribution in [2.24, 2.45) is 13.0 Å². The van der Waals surface area contributed by atoms with E-state index in [2.05, 4.69) is 44.4 Å². The molecule has 3 fully saturated rings. The first-order chi connectivity index (χ1) is 14.2. The Morgan fingerprint density at radius 1 is 1.03 bits per heavy atom. The van der Waals surface area contributed by atoms with Crippen LogP contribution in [-0.4, -0.2) is 55.5 Å². The summed E-state index contributed by atoms with van der Waals surface area (Å²) in [6, 6.07) is 8.68. The Morgan fingerprint density at radius 2 is 1.83 bits per heavy atom. The molecule has 6 rings (SSSR count). The van der Waals surface area contributed by atoms with Gasteiger partial charge in [0.25, 0.3) is 0 Å². The molecule has 29 heavy (non-hydrogen) atoms. The van der Waals surface area contributed by atoms with Gasteiger partial charge in [0, 0.05) is 73.9 Å². The number of nitrogens with zero attached hydrogens (tertiary/aromatic N) is 7. The summed E-state index contributed by atoms with van der Waals surface area (Å²) in [4.78, 5) is 5.31. The standard InChI is InChI=1S/C22H25N7/c1-26-11-17(10-25-26)16-8-22-21(4-5-24-28(22)12-16)27-13-18-2-3-19(14-27)29(18)20-6-15(7-20)9-23/h4-5,8,10-12,15,18-20H,2-3,6-7,13-14H2,1H3/t15-,18?,19?,20+. The van der Waals surface area contributed by atoms with Gasteiger partial charge in [-0.3, -0.25) is 9.58 Å². The van der Waals surface area contributed by atoms with Crippen LogP contribution in [0.2, 0.25) is 0 Å². The molecule has 1 aliphatic carbocycles. The lowest BCUT2D eigenvalue weighted by atomic mass is 9.79. The first-order valence-corrected chi connectivity index (χ1v) is 10.6. The molecular weight excluding hydrogens is 362 g/mol. The molecular formula is C22H25N7. The number of hydrogen-bond donors (Lipinski definition) is 0. The number of aryl methyl sites for hydroxylation is 1. The zero-order chi connectivity index (χ0) is 19.5. The zero-order valence-corrected chi connectivity index (χ0v) is 16.6. The van der Waals surface area contributed by atoms with E-state index in [0.29, 0.717) is 18.1 Å². The molecule has 0 N–H and O–H groups in total. The largest absolute Gasteiger partial charge is 0.367 e. The summed E-state index contributed by atoms with van der Waals surface area (Å²) in [6.07, 6.45) is 12.6. The highest BCUT2D eigenvalue weighted by Crippen LogP contribution is 2.42. The average Bonchev–Trinajstić information content (AvgIpc) is 3.37. The maximum Gasteiger partial charge on any atom is 0.0886 e. The Bertz CT molecular complexity index is 1090. The molecule has 3 aliphatic rings. The monoisotopic (exact) mass is 387 g/mol. The van der Waals surface area contributed by atoms with Gasteiger partial charge in [0.15, 0.2) is 0 Å². The van der Waals surface area contributed by atoms with Gasteiger partial charge < -0.3 is 4.90 Å². The van der Waals surface area contributed by atoms with Crippen LogP contribution < -0.4 is 4.90 Å². The molecule has 2 unspecified atom stereocenters. The average molecular weight is 387 g/mol. The first kappa shape index (κ1) is 17.0. The van der Waals surface area contributed by atoms with Gasteiger partial charge >= 0.3 is 0 Å². The van der Waals surface area contributed by atoms with Crippen LogP contribution in [0, 0.1) is 17.2 Å². The fourth-order valence-electron chi connectivity index (χ4n) is 5.66. The highest BCUT2D eigenvalue weighted by molar-refractivity contribution is 5.79. The minimum absolute atomic E-state index is 0.281. The minimum atomic E-state index is 0.281. The van der Waals surface area contributed by atoms with E-state index in [9.17, 15) is 0 Å². The molecule has 2 atom stereocenters. The molecule has 1 saturated carbocycles. The second kappa shape index (κ2) is 6.33. The fourth-order valence-corrected chi connectivity index (χ4v) is 5.66. The van der Waals surface area contributed by atoms with Crippen LogP contribution in [0.15, 0.2) is 36.9 Å². The van der Waals surface area contributed by atoms with Crippen LogP contribution in [0.1, 0.15) is 25.7 Å². The van der Waals surface area contributed by atoms with Gasteiger partial charge in [0.05, 0.1) is 23.5 Å². The van der Waals surface area contributed by atoms with Crippen molar-refractivity contribution in [1.82, 2.24) is 24.3 Å². The maximum absolute atomic E-state index is 9.14. The van der Waals surface area contributed by atoms with Crippen LogP contribution >= 0.6 is 0 Å². The number of hydrogen-bond acceptors (Lipinski definition) is 5. The summed E-state index contributed by atoms with van der Waals surface area (Å²) in [7, 11) is 1.94. The number of rotatable bonds is 3. The molecule has 0 aromatic carbocycles. The molecule has 5 heterocycles. The number of fused-ring (bicyclic) bond motifs is 3. The SMILES string of the molecule is Cn1cc(-c2cc3c(N4CC5CCC(C4)N5[C@H]4C[C@@H](C#N)C4)ccnn3c2)cn1. The van der Waals surface area contributed by atoms with Gasteiger partial charge in [0.2, 0.25) is 0 Å². The Morgan fingerprint density at radius 3 is 2.52 bits per heavy atom. The lowest BCUT2D eigenvalue weighted by molar-refractivity contribution is 0.0439. The third kappa shape index (κ3) is 2.66. The van der Waals surface area contributed by atoms with Crippen LogP contribution in [-0.2, 0) is 7.05 Å². The molecule has 0 spiro atoms. The third-order valence-corrected chi connectivity index (χ3v) is 7.12. The van der Waals surface area contributed by atoms with E-state index in [0.717, 1.165) is 42.6 Å². The van der Waals surface area contributed by atoms with Crippen molar-refractivity contribution in [1.29, 1.82) is 5.26 Å². The lowest BCUT2D eigenvalue weighted by Crippen LogP contribution is -2.60. The van der Waals surface area contributed by atoms with Crippen molar-refractivity contribution < 1.29 is 0 Å². The maximum atomic E-state index is 9.14. The first-order valence-electron chi connectivity index (χ1n) is 10.6. The summed E-state index contributed by atoms with van der Waals surface area (Å²) >= 11 is 0. The van der Waals surface area contributed by atoms with Crippen molar-refractivity contribution in [2.45, 2.75) is 43.8 Å². The quantitative estimate of drug-likeness (QED) is 0.691. The number of anilines is 1. The van der Waals surface area contributed by atoms with Crippen molar-refractivity contribution in [3.63, 3.8) is 0 Å². The number of aromatic nitrogens is 4. The third-order valence-electron chi connectivity index (χ3n) is 7.12. The van der Waals surface area contributed by atoms with Crippen LogP contribution in [0.3, 0.4) is 0 Å². The molecule has 148 valence electrons. The van der Waals surface area contributed by atoms with Gasteiger partial charge in [-0.1, -0.05) is 0 Å². The van der Waals surface area contributed by atoms with E-state index >= 15 is 0 Å². The van der Waals surface area contributed by atoms with Crippen LogP contribution in [0.5, 0.6) is 0 Å². The Balaban J connectivity index is 1.28. The molecule has 7 nitrogen and oxygen atoms in total. The second-order valence-electron chi connectivity index (χ2n) is 8.87. The van der Waals surface area contributed by atoms with Crippen molar-refractivity contribution in [3.8, 4) is 17.2 Å². The van der Waals surface area contributed by atoms with Crippen LogP contribution in [0.25, 0.3) is 16.6 Å². The normalized spacial score (nSPS) is 29.2. The lowest BCUT2D eigenvalue weighted by Gasteiger charge is -2.49. The topological polar surface area (TPSA) is 65.4 Å². The summed E-state index contributed by atoms with van der Waals surface area (Å²) in [5, 5.41) is 18.0. The van der Waals surface area contributed by atoms with E-state index in [1.807, 2.05) is 34.8 Å². The van der Waals surface area contributed by atoms with E-state index in [1.165, 1.54) is 18.5 Å². The molecule has 0 amide bonds. The van der Waals surface area contributed by atoms with E-state index < -0.39 is 0 Å². The summed E-state index contributed by atoms with van der Waals surface area (Å²) in [6.45, 7) is 2.13. The van der Waals surface area contributed by atoms with Crippen LogP contribution in [0.4, 0.5) is 5.69 Å². The van der Waals surface area contributed by atoms with Gasteiger partial charge in [-0.25, -0.2) is 4.52 Å². The van der Waals surface area contributed by atoms with Gasteiger partial charge in [-0.15, -0.1) is 0 Å². The highest BCUT2D eigenvalue weighted by Gasteiger charge is 2.47. The molecule has 2 aliphatic heterocycles. The number of piperazine rings is 1. The van der Waals surface area contributed by atoms with E-state index in [-0.39, 0.29) is 5.92 Å². The van der Waals surface area contributed by atoms with E-state index in [4.69, 9.17) is 5.26 Å². The molecule has 2 bridgehead atoms. The second-order valence-corrected chi connectivity index (χ2v) is 8.87. The van der Waals surface area contributed by atoms with Crippen molar-refractivity contribution in [3.05, 3.63) is 36.9 Å². The highest BCUT2D eigenvalue weighted by atomic mass is 15.4. The van der Waals surface area contributed by atoms with Crippen molar-refractivity contribution in [2.75, 3.05) is 18.0 Å².